The van der Waals surface area contributed by atoms with E-state index in [0.29, 0.717) is 18.0 Å². The van der Waals surface area contributed by atoms with Gasteiger partial charge in [-0.1, -0.05) is 25.4 Å². The van der Waals surface area contributed by atoms with Crippen LogP contribution in [0.2, 0.25) is 5.02 Å². The number of fused-ring (bicyclic) bond motifs is 1. The lowest BCUT2D eigenvalue weighted by molar-refractivity contribution is -0.132. The summed E-state index contributed by atoms with van der Waals surface area (Å²) in [5.74, 6) is 1.91. The van der Waals surface area contributed by atoms with Crippen molar-refractivity contribution in [3.8, 4) is 0 Å². The summed E-state index contributed by atoms with van der Waals surface area (Å²) in [7, 11) is 0. The van der Waals surface area contributed by atoms with Gasteiger partial charge in [0.1, 0.15) is 11.6 Å². The largest absolute Gasteiger partial charge is 0.353 e. The number of aromatic nitrogens is 2. The highest BCUT2D eigenvalue weighted by atomic mass is 35.5. The van der Waals surface area contributed by atoms with Crippen LogP contribution in [-0.4, -0.2) is 71.0 Å². The zero-order chi connectivity index (χ0) is 21.0. The molecule has 0 saturated carbocycles. The van der Waals surface area contributed by atoms with Crippen LogP contribution in [0.5, 0.6) is 0 Å². The summed E-state index contributed by atoms with van der Waals surface area (Å²) in [6.45, 7) is 13.8. The Bertz CT molecular complexity index is 848. The molecular formula is C22H32ClN5O. The van der Waals surface area contributed by atoms with Crippen molar-refractivity contribution in [3.05, 3.63) is 29.0 Å². The van der Waals surface area contributed by atoms with Crippen LogP contribution < -0.4 is 4.90 Å². The van der Waals surface area contributed by atoms with Crippen molar-refractivity contribution in [2.75, 3.05) is 44.2 Å². The summed E-state index contributed by atoms with van der Waals surface area (Å²) < 4.78 is 0. The molecule has 1 fully saturated rings. The molecule has 7 heteroatoms. The third kappa shape index (κ3) is 5.17. The average Bonchev–Trinajstić information content (AvgIpc) is 2.72. The minimum atomic E-state index is 0.221. The summed E-state index contributed by atoms with van der Waals surface area (Å²) >= 11 is 6.19. The minimum absolute atomic E-state index is 0.221. The summed E-state index contributed by atoms with van der Waals surface area (Å²) in [6, 6.07) is 5.96. The molecule has 0 atom stereocenters. The van der Waals surface area contributed by atoms with Crippen molar-refractivity contribution >= 4 is 34.2 Å². The van der Waals surface area contributed by atoms with E-state index in [4.69, 9.17) is 16.6 Å². The Hall–Kier alpha value is -1.92. The van der Waals surface area contributed by atoms with Gasteiger partial charge in [-0.2, -0.15) is 0 Å². The highest BCUT2D eigenvalue weighted by molar-refractivity contribution is 6.31. The number of benzene rings is 1. The lowest BCUT2D eigenvalue weighted by atomic mass is 10.1. The van der Waals surface area contributed by atoms with Gasteiger partial charge in [-0.05, 0) is 38.6 Å². The van der Waals surface area contributed by atoms with E-state index in [2.05, 4.69) is 42.5 Å². The Balaban J connectivity index is 1.79. The topological polar surface area (TPSA) is 52.6 Å². The normalized spacial score (nSPS) is 15.3. The molecule has 158 valence electrons. The number of amides is 1. The fourth-order valence-electron chi connectivity index (χ4n) is 3.81. The van der Waals surface area contributed by atoms with Crippen LogP contribution in [-0.2, 0) is 11.2 Å². The molecule has 6 nitrogen and oxygen atoms in total. The molecule has 0 radical (unpaired) electrons. The van der Waals surface area contributed by atoms with E-state index in [9.17, 15) is 4.79 Å². The first kappa shape index (κ1) is 21.8. The van der Waals surface area contributed by atoms with Crippen molar-refractivity contribution < 1.29 is 4.79 Å². The second-order valence-electron chi connectivity index (χ2n) is 7.83. The van der Waals surface area contributed by atoms with E-state index in [0.717, 1.165) is 61.7 Å². The Morgan fingerprint density at radius 2 is 1.90 bits per heavy atom. The fourth-order valence-corrected chi connectivity index (χ4v) is 3.97. The predicted octanol–water partition coefficient (Wildman–Crippen LogP) is 3.61. The number of rotatable bonds is 7. The molecular weight excluding hydrogens is 386 g/mol. The average molecular weight is 418 g/mol. The Morgan fingerprint density at radius 3 is 2.52 bits per heavy atom. The summed E-state index contributed by atoms with van der Waals surface area (Å²) in [5.41, 5.74) is 0.854. The fraction of sp³-hybridized carbons (Fsp3) is 0.591. The number of hydrogen-bond donors (Lipinski definition) is 0. The molecule has 1 aliphatic rings. The number of halogens is 1. The lowest BCUT2D eigenvalue weighted by Gasteiger charge is -2.35. The van der Waals surface area contributed by atoms with Gasteiger partial charge in [0.05, 0.1) is 5.52 Å². The van der Waals surface area contributed by atoms with Gasteiger partial charge in [-0.15, -0.1) is 0 Å². The SMILES string of the molecule is CCc1nc(N(CCC(=O)N2CCN(CC)CC2)C(C)C)c2ccc(Cl)cc2n1. The molecule has 2 heterocycles. The molecule has 29 heavy (non-hydrogen) atoms. The standard InChI is InChI=1S/C22H32ClN5O/c1-5-20-24-19-15-17(23)7-8-18(19)22(25-20)28(16(3)4)10-9-21(29)27-13-11-26(6-2)12-14-27/h7-8,15-16H,5-6,9-14H2,1-4H3. The summed E-state index contributed by atoms with van der Waals surface area (Å²) in [4.78, 5) is 28.9. The highest BCUT2D eigenvalue weighted by Crippen LogP contribution is 2.28. The zero-order valence-corrected chi connectivity index (χ0v) is 18.7. The van der Waals surface area contributed by atoms with Crippen molar-refractivity contribution in [1.82, 2.24) is 19.8 Å². The second-order valence-corrected chi connectivity index (χ2v) is 8.27. The van der Waals surface area contributed by atoms with Gasteiger partial charge in [0.15, 0.2) is 0 Å². The smallest absolute Gasteiger partial charge is 0.224 e. The molecule has 0 N–H and O–H groups in total. The number of piperazine rings is 1. The van der Waals surface area contributed by atoms with Gasteiger partial charge in [0.25, 0.3) is 0 Å². The number of nitrogens with zero attached hydrogens (tertiary/aromatic N) is 5. The van der Waals surface area contributed by atoms with E-state index in [1.54, 1.807) is 0 Å². The van der Waals surface area contributed by atoms with Crippen LogP contribution in [0.3, 0.4) is 0 Å². The zero-order valence-electron chi connectivity index (χ0n) is 18.0. The number of hydrogen-bond acceptors (Lipinski definition) is 5. The summed E-state index contributed by atoms with van der Waals surface area (Å²) in [5, 5.41) is 1.64. The minimum Gasteiger partial charge on any atom is -0.353 e. The Kier molecular flexibility index (Phi) is 7.30. The van der Waals surface area contributed by atoms with Crippen molar-refractivity contribution in [3.63, 3.8) is 0 Å². The van der Waals surface area contributed by atoms with Gasteiger partial charge in [0.2, 0.25) is 5.91 Å². The predicted molar refractivity (Wildman–Crippen MR) is 120 cm³/mol. The van der Waals surface area contributed by atoms with Crippen LogP contribution in [0.15, 0.2) is 18.2 Å². The van der Waals surface area contributed by atoms with Crippen LogP contribution >= 0.6 is 11.6 Å². The number of likely N-dealkylation sites (N-methyl/N-ethyl adjacent to an activating group) is 1. The van der Waals surface area contributed by atoms with Crippen LogP contribution in [0, 0.1) is 0 Å². The van der Waals surface area contributed by atoms with E-state index < -0.39 is 0 Å². The first-order valence-electron chi connectivity index (χ1n) is 10.7. The van der Waals surface area contributed by atoms with Gasteiger partial charge in [0, 0.05) is 62.0 Å². The number of carbonyl (C=O) groups is 1. The Labute approximate surface area is 178 Å². The highest BCUT2D eigenvalue weighted by Gasteiger charge is 2.23. The van der Waals surface area contributed by atoms with E-state index in [1.807, 2.05) is 23.1 Å². The van der Waals surface area contributed by atoms with E-state index in [-0.39, 0.29) is 11.9 Å². The molecule has 3 rings (SSSR count). The maximum absolute atomic E-state index is 12.8. The molecule has 0 spiro atoms. The number of aryl methyl sites for hydroxylation is 1. The second kappa shape index (κ2) is 9.72. The maximum atomic E-state index is 12.8. The monoisotopic (exact) mass is 417 g/mol. The Morgan fingerprint density at radius 1 is 1.17 bits per heavy atom. The molecule has 1 aromatic heterocycles. The summed E-state index contributed by atoms with van der Waals surface area (Å²) in [6.07, 6.45) is 1.24. The number of anilines is 1. The molecule has 0 bridgehead atoms. The van der Waals surface area contributed by atoms with Crippen molar-refractivity contribution in [2.24, 2.45) is 0 Å². The third-order valence-electron chi connectivity index (χ3n) is 5.64. The molecule has 2 aromatic rings. The molecule has 1 saturated heterocycles. The van der Waals surface area contributed by atoms with Gasteiger partial charge in [-0.3, -0.25) is 4.79 Å². The van der Waals surface area contributed by atoms with Crippen LogP contribution in [0.1, 0.15) is 39.9 Å². The molecule has 1 aromatic carbocycles. The van der Waals surface area contributed by atoms with Crippen LogP contribution in [0.4, 0.5) is 5.82 Å². The molecule has 0 unspecified atom stereocenters. The lowest BCUT2D eigenvalue weighted by Crippen LogP contribution is -2.49. The molecule has 0 aliphatic carbocycles. The van der Waals surface area contributed by atoms with Crippen molar-refractivity contribution in [2.45, 2.75) is 46.6 Å². The molecule has 1 aliphatic heterocycles. The maximum Gasteiger partial charge on any atom is 0.224 e. The van der Waals surface area contributed by atoms with Gasteiger partial charge >= 0.3 is 0 Å². The first-order chi connectivity index (χ1) is 13.9. The van der Waals surface area contributed by atoms with Crippen LogP contribution in [0.25, 0.3) is 10.9 Å². The van der Waals surface area contributed by atoms with E-state index >= 15 is 0 Å². The van der Waals surface area contributed by atoms with Gasteiger partial charge in [-0.25, -0.2) is 9.97 Å². The quantitative estimate of drug-likeness (QED) is 0.688. The van der Waals surface area contributed by atoms with E-state index in [1.165, 1.54) is 0 Å². The first-order valence-corrected chi connectivity index (χ1v) is 11.0. The number of carbonyl (C=O) groups excluding carboxylic acids is 1. The van der Waals surface area contributed by atoms with Crippen molar-refractivity contribution in [1.29, 1.82) is 0 Å². The third-order valence-corrected chi connectivity index (χ3v) is 5.87. The van der Waals surface area contributed by atoms with Gasteiger partial charge < -0.3 is 14.7 Å². The molecule has 1 amide bonds.